The number of phenols is 1. The monoisotopic (exact) mass is 330 g/mol. The van der Waals surface area contributed by atoms with E-state index in [4.69, 9.17) is 4.52 Å². The Morgan fingerprint density at radius 2 is 1.95 bits per heavy atom. The molecule has 0 radical (unpaired) electrons. The summed E-state index contributed by atoms with van der Waals surface area (Å²) < 4.78 is 6.19. The number of phenolic OH excluding ortho intramolecular Hbond substituents is 1. The Balaban J connectivity index is 2.04. The fraction of sp³-hybridized carbons (Fsp3) is 0.0667. The SMILES string of the molecule is Cc1cccc(-c2nc(-c3cccc(Br)c3)no2)c1O. The van der Waals surface area contributed by atoms with Crippen LogP contribution in [0.1, 0.15) is 5.56 Å². The fourth-order valence-electron chi connectivity index (χ4n) is 1.91. The third kappa shape index (κ3) is 2.32. The van der Waals surface area contributed by atoms with Crippen molar-refractivity contribution >= 4 is 15.9 Å². The summed E-state index contributed by atoms with van der Waals surface area (Å²) in [4.78, 5) is 4.34. The average molecular weight is 331 g/mol. The van der Waals surface area contributed by atoms with Crippen LogP contribution in [0.25, 0.3) is 22.8 Å². The molecule has 1 heterocycles. The second-order valence-electron chi connectivity index (χ2n) is 4.40. The van der Waals surface area contributed by atoms with Crippen molar-refractivity contribution in [1.82, 2.24) is 10.1 Å². The first kappa shape index (κ1) is 12.9. The summed E-state index contributed by atoms with van der Waals surface area (Å²) in [5.41, 5.74) is 2.16. The van der Waals surface area contributed by atoms with E-state index in [0.29, 0.717) is 17.3 Å². The highest BCUT2D eigenvalue weighted by Gasteiger charge is 2.14. The van der Waals surface area contributed by atoms with Gasteiger partial charge in [0.15, 0.2) is 0 Å². The zero-order valence-electron chi connectivity index (χ0n) is 10.7. The number of hydrogen-bond acceptors (Lipinski definition) is 4. The molecule has 0 amide bonds. The maximum atomic E-state index is 10.0. The van der Waals surface area contributed by atoms with Crippen LogP contribution >= 0.6 is 15.9 Å². The number of nitrogens with zero attached hydrogens (tertiary/aromatic N) is 2. The first-order valence-electron chi connectivity index (χ1n) is 6.04. The van der Waals surface area contributed by atoms with Gasteiger partial charge in [0, 0.05) is 10.0 Å². The second-order valence-corrected chi connectivity index (χ2v) is 5.32. The highest BCUT2D eigenvalue weighted by molar-refractivity contribution is 9.10. The molecule has 0 fully saturated rings. The molecule has 0 saturated heterocycles. The van der Waals surface area contributed by atoms with E-state index in [1.54, 1.807) is 6.07 Å². The van der Waals surface area contributed by atoms with Crippen LogP contribution in [-0.4, -0.2) is 15.2 Å². The van der Waals surface area contributed by atoms with Gasteiger partial charge in [0.05, 0.1) is 5.56 Å². The molecular weight excluding hydrogens is 320 g/mol. The Morgan fingerprint density at radius 1 is 1.15 bits per heavy atom. The van der Waals surface area contributed by atoms with Crippen molar-refractivity contribution in [2.45, 2.75) is 6.92 Å². The number of aryl methyl sites for hydroxylation is 1. The number of halogens is 1. The summed E-state index contributed by atoms with van der Waals surface area (Å²) in [6.45, 7) is 1.82. The van der Waals surface area contributed by atoms with E-state index < -0.39 is 0 Å². The quantitative estimate of drug-likeness (QED) is 0.765. The predicted molar refractivity (Wildman–Crippen MR) is 79.3 cm³/mol. The molecule has 0 aliphatic carbocycles. The van der Waals surface area contributed by atoms with Crippen molar-refractivity contribution in [3.05, 3.63) is 52.5 Å². The molecule has 2 aromatic carbocycles. The van der Waals surface area contributed by atoms with Crippen molar-refractivity contribution in [2.24, 2.45) is 0 Å². The number of benzene rings is 2. The van der Waals surface area contributed by atoms with Crippen molar-refractivity contribution < 1.29 is 9.63 Å². The number of rotatable bonds is 2. The van der Waals surface area contributed by atoms with Crippen LogP contribution in [-0.2, 0) is 0 Å². The highest BCUT2D eigenvalue weighted by atomic mass is 79.9. The minimum Gasteiger partial charge on any atom is -0.507 e. The average Bonchev–Trinajstić information content (AvgIpc) is 2.91. The van der Waals surface area contributed by atoms with Gasteiger partial charge in [0.2, 0.25) is 5.82 Å². The van der Waals surface area contributed by atoms with Crippen LogP contribution in [0.4, 0.5) is 0 Å². The lowest BCUT2D eigenvalue weighted by Crippen LogP contribution is -1.83. The smallest absolute Gasteiger partial charge is 0.262 e. The summed E-state index contributed by atoms with van der Waals surface area (Å²) >= 11 is 3.41. The molecule has 0 atom stereocenters. The van der Waals surface area contributed by atoms with Crippen LogP contribution in [0.15, 0.2) is 51.5 Å². The van der Waals surface area contributed by atoms with E-state index in [9.17, 15) is 5.11 Å². The molecule has 3 rings (SSSR count). The van der Waals surface area contributed by atoms with E-state index in [-0.39, 0.29) is 5.75 Å². The first-order valence-corrected chi connectivity index (χ1v) is 6.83. The summed E-state index contributed by atoms with van der Waals surface area (Å²) in [7, 11) is 0. The molecule has 0 spiro atoms. The summed E-state index contributed by atoms with van der Waals surface area (Å²) in [6, 6.07) is 13.1. The number of aromatic hydroxyl groups is 1. The lowest BCUT2D eigenvalue weighted by Gasteiger charge is -2.01. The Morgan fingerprint density at radius 3 is 2.75 bits per heavy atom. The van der Waals surface area contributed by atoms with Gasteiger partial charge in [0.1, 0.15) is 5.75 Å². The maximum Gasteiger partial charge on any atom is 0.262 e. The maximum absolute atomic E-state index is 10.0. The topological polar surface area (TPSA) is 59.2 Å². The normalized spacial score (nSPS) is 10.7. The largest absolute Gasteiger partial charge is 0.507 e. The molecule has 20 heavy (non-hydrogen) atoms. The third-order valence-electron chi connectivity index (χ3n) is 2.98. The van der Waals surface area contributed by atoms with Crippen LogP contribution in [0.2, 0.25) is 0 Å². The lowest BCUT2D eigenvalue weighted by atomic mass is 10.1. The van der Waals surface area contributed by atoms with Gasteiger partial charge < -0.3 is 9.63 Å². The fourth-order valence-corrected chi connectivity index (χ4v) is 2.31. The van der Waals surface area contributed by atoms with Gasteiger partial charge in [0.25, 0.3) is 5.89 Å². The molecule has 0 aliphatic rings. The highest BCUT2D eigenvalue weighted by Crippen LogP contribution is 2.32. The number of hydrogen-bond donors (Lipinski definition) is 1. The van der Waals surface area contributed by atoms with Crippen LogP contribution in [0.5, 0.6) is 5.75 Å². The second kappa shape index (κ2) is 5.09. The zero-order valence-corrected chi connectivity index (χ0v) is 12.3. The van der Waals surface area contributed by atoms with Gasteiger partial charge in [-0.25, -0.2) is 0 Å². The third-order valence-corrected chi connectivity index (χ3v) is 3.47. The summed E-state index contributed by atoms with van der Waals surface area (Å²) in [5, 5.41) is 14.0. The predicted octanol–water partition coefficient (Wildman–Crippen LogP) is 4.18. The Labute approximate surface area is 124 Å². The van der Waals surface area contributed by atoms with Gasteiger partial charge in [-0.2, -0.15) is 4.98 Å². The lowest BCUT2D eigenvalue weighted by molar-refractivity contribution is 0.425. The Hall–Kier alpha value is -2.14. The van der Waals surface area contributed by atoms with Gasteiger partial charge in [-0.15, -0.1) is 0 Å². The van der Waals surface area contributed by atoms with E-state index in [1.807, 2.05) is 43.3 Å². The molecule has 0 unspecified atom stereocenters. The van der Waals surface area contributed by atoms with Crippen LogP contribution in [0.3, 0.4) is 0 Å². The van der Waals surface area contributed by atoms with Crippen molar-refractivity contribution in [2.75, 3.05) is 0 Å². The van der Waals surface area contributed by atoms with E-state index in [1.165, 1.54) is 0 Å². The van der Waals surface area contributed by atoms with E-state index >= 15 is 0 Å². The van der Waals surface area contributed by atoms with E-state index in [0.717, 1.165) is 15.6 Å². The standard InChI is InChI=1S/C15H11BrN2O2/c1-9-4-2-7-12(13(9)19)15-17-14(18-20-15)10-5-3-6-11(16)8-10/h2-8,19H,1H3. The molecule has 4 nitrogen and oxygen atoms in total. The Kier molecular flexibility index (Phi) is 3.28. The minimum absolute atomic E-state index is 0.164. The van der Waals surface area contributed by atoms with Crippen molar-refractivity contribution in [1.29, 1.82) is 0 Å². The summed E-state index contributed by atoms with van der Waals surface area (Å²) in [6.07, 6.45) is 0. The molecule has 5 heteroatoms. The molecule has 0 aliphatic heterocycles. The minimum atomic E-state index is 0.164. The van der Waals surface area contributed by atoms with Crippen molar-refractivity contribution in [3.8, 4) is 28.6 Å². The molecule has 0 bridgehead atoms. The molecule has 100 valence electrons. The summed E-state index contributed by atoms with van der Waals surface area (Å²) in [5.74, 6) is 0.959. The molecule has 3 aromatic rings. The number of aromatic nitrogens is 2. The van der Waals surface area contributed by atoms with Gasteiger partial charge in [-0.05, 0) is 30.7 Å². The van der Waals surface area contributed by atoms with Crippen molar-refractivity contribution in [3.63, 3.8) is 0 Å². The van der Waals surface area contributed by atoms with Crippen LogP contribution < -0.4 is 0 Å². The molecule has 1 N–H and O–H groups in total. The molecule has 1 aromatic heterocycles. The first-order chi connectivity index (χ1) is 9.65. The molecular formula is C15H11BrN2O2. The van der Waals surface area contributed by atoms with E-state index in [2.05, 4.69) is 26.1 Å². The zero-order chi connectivity index (χ0) is 14.1. The van der Waals surface area contributed by atoms with Gasteiger partial charge >= 0.3 is 0 Å². The Bertz CT molecular complexity index is 768. The van der Waals surface area contributed by atoms with Crippen LogP contribution in [0, 0.1) is 6.92 Å². The van der Waals surface area contributed by atoms with Gasteiger partial charge in [-0.3, -0.25) is 0 Å². The molecule has 0 saturated carbocycles. The van der Waals surface area contributed by atoms with Gasteiger partial charge in [-0.1, -0.05) is 45.4 Å². The number of para-hydroxylation sites is 1.